The van der Waals surface area contributed by atoms with Crippen molar-refractivity contribution in [1.82, 2.24) is 10.0 Å². The van der Waals surface area contributed by atoms with Crippen LogP contribution in [0.3, 0.4) is 0 Å². The number of carbonyl (C=O) groups is 2. The zero-order chi connectivity index (χ0) is 20.9. The average molecular weight is 405 g/mol. The minimum atomic E-state index is -3.91. The van der Waals surface area contributed by atoms with E-state index in [1.54, 1.807) is 26.0 Å². The molecule has 2 aromatic carbocycles. The zero-order valence-electron chi connectivity index (χ0n) is 16.7. The van der Waals surface area contributed by atoms with E-state index in [1.807, 2.05) is 38.1 Å². The molecule has 0 spiro atoms. The van der Waals surface area contributed by atoms with Crippen molar-refractivity contribution >= 4 is 33.0 Å². The predicted molar refractivity (Wildman–Crippen MR) is 110 cm³/mol. The highest BCUT2D eigenvalue weighted by Crippen LogP contribution is 2.20. The third-order valence-corrected chi connectivity index (χ3v) is 5.92. The summed E-state index contributed by atoms with van der Waals surface area (Å²) in [5, 5.41) is 4.38. The van der Waals surface area contributed by atoms with Crippen molar-refractivity contribution in [2.45, 2.75) is 51.1 Å². The molecule has 2 aromatic rings. The normalized spacial score (nSPS) is 14.2. The molecule has 7 heteroatoms. The first kappa shape index (κ1) is 22.0. The molecule has 0 fully saturated rings. The van der Waals surface area contributed by atoms with Crippen LogP contribution in [0.25, 0.3) is 10.8 Å². The first-order valence-electron chi connectivity index (χ1n) is 9.41. The van der Waals surface area contributed by atoms with E-state index in [-0.39, 0.29) is 16.7 Å². The Morgan fingerprint density at radius 1 is 1.04 bits per heavy atom. The van der Waals surface area contributed by atoms with Gasteiger partial charge in [-0.3, -0.25) is 4.79 Å². The van der Waals surface area contributed by atoms with E-state index in [2.05, 4.69) is 10.0 Å². The summed E-state index contributed by atoms with van der Waals surface area (Å²) in [6, 6.07) is 10.7. The number of rotatable bonds is 9. The third kappa shape index (κ3) is 5.62. The lowest BCUT2D eigenvalue weighted by molar-refractivity contribution is -0.126. The van der Waals surface area contributed by atoms with Crippen molar-refractivity contribution < 1.29 is 18.0 Å². The number of fused-ring (bicyclic) bond motifs is 1. The molecule has 2 N–H and O–H groups in total. The fourth-order valence-corrected chi connectivity index (χ4v) is 4.37. The second-order valence-corrected chi connectivity index (χ2v) is 9.45. The summed E-state index contributed by atoms with van der Waals surface area (Å²) in [5.74, 6) is -0.569. The van der Waals surface area contributed by atoms with E-state index in [4.69, 9.17) is 0 Å². The van der Waals surface area contributed by atoms with Crippen molar-refractivity contribution in [3.8, 4) is 0 Å². The smallest absolute Gasteiger partial charge is 0.241 e. The molecule has 0 heterocycles. The summed E-state index contributed by atoms with van der Waals surface area (Å²) >= 11 is 0. The molecule has 0 aliphatic heterocycles. The van der Waals surface area contributed by atoms with Gasteiger partial charge in [-0.05, 0) is 41.2 Å². The van der Waals surface area contributed by atoms with E-state index in [9.17, 15) is 18.0 Å². The molecule has 0 bridgehead atoms. The molecular weight excluding hydrogens is 376 g/mol. The van der Waals surface area contributed by atoms with Gasteiger partial charge < -0.3 is 10.1 Å². The van der Waals surface area contributed by atoms with Crippen LogP contribution in [0.1, 0.15) is 34.1 Å². The van der Waals surface area contributed by atoms with Gasteiger partial charge in [0.2, 0.25) is 15.9 Å². The summed E-state index contributed by atoms with van der Waals surface area (Å²) in [6.45, 7) is 7.41. The summed E-state index contributed by atoms with van der Waals surface area (Å²) in [7, 11) is -3.91. The Balaban J connectivity index is 2.23. The molecule has 2 atom stereocenters. The minimum Gasteiger partial charge on any atom is -0.345 e. The van der Waals surface area contributed by atoms with Crippen LogP contribution in [0.2, 0.25) is 0 Å². The molecule has 0 saturated carbocycles. The van der Waals surface area contributed by atoms with Gasteiger partial charge in [0.25, 0.3) is 0 Å². The quantitative estimate of drug-likeness (QED) is 0.629. The van der Waals surface area contributed by atoms with Crippen LogP contribution < -0.4 is 10.0 Å². The molecule has 0 aliphatic rings. The number of amides is 1. The van der Waals surface area contributed by atoms with Gasteiger partial charge >= 0.3 is 0 Å². The molecule has 152 valence electrons. The van der Waals surface area contributed by atoms with Crippen LogP contribution in [0.15, 0.2) is 47.4 Å². The fourth-order valence-electron chi connectivity index (χ4n) is 2.99. The molecule has 0 radical (unpaired) electrons. The largest absolute Gasteiger partial charge is 0.345 e. The molecule has 1 amide bonds. The molecule has 0 unspecified atom stereocenters. The Bertz CT molecular complexity index is 938. The first-order valence-corrected chi connectivity index (χ1v) is 10.9. The van der Waals surface area contributed by atoms with Crippen molar-refractivity contribution in [3.05, 3.63) is 42.5 Å². The van der Waals surface area contributed by atoms with Crippen molar-refractivity contribution in [2.24, 2.45) is 11.8 Å². The molecule has 2 rings (SSSR count). The van der Waals surface area contributed by atoms with Gasteiger partial charge in [-0.15, -0.1) is 0 Å². The molecule has 0 aromatic heterocycles. The first-order chi connectivity index (χ1) is 13.1. The van der Waals surface area contributed by atoms with E-state index in [1.165, 1.54) is 6.07 Å². The Labute approximate surface area is 166 Å². The Morgan fingerprint density at radius 2 is 1.68 bits per heavy atom. The maximum absolute atomic E-state index is 12.9. The number of hydrogen-bond acceptors (Lipinski definition) is 4. The standard InChI is InChI=1S/C21H28N2O4S/c1-14(2)11-18(13-24)22-21(25)20(15(3)4)23-28(26,27)19-10-9-16-7-5-6-8-17(16)12-19/h5-10,12-15,18,20,23H,11H2,1-4H3,(H,22,25)/t18-,20+/m1/s1. The number of hydrogen-bond donors (Lipinski definition) is 2. The highest BCUT2D eigenvalue weighted by atomic mass is 32.2. The van der Waals surface area contributed by atoms with E-state index in [0.29, 0.717) is 12.7 Å². The van der Waals surface area contributed by atoms with Gasteiger partial charge in [-0.2, -0.15) is 4.72 Å². The predicted octanol–water partition coefficient (Wildman–Crippen LogP) is 2.87. The van der Waals surface area contributed by atoms with Crippen LogP contribution in [0, 0.1) is 11.8 Å². The van der Waals surface area contributed by atoms with Gasteiger partial charge in [-0.25, -0.2) is 8.42 Å². The lowest BCUT2D eigenvalue weighted by atomic mass is 10.0. The monoisotopic (exact) mass is 404 g/mol. The number of carbonyl (C=O) groups excluding carboxylic acids is 2. The average Bonchev–Trinajstić information content (AvgIpc) is 2.64. The Kier molecular flexibility index (Phi) is 7.32. The van der Waals surface area contributed by atoms with Gasteiger partial charge in [0.05, 0.1) is 10.9 Å². The fraction of sp³-hybridized carbons (Fsp3) is 0.429. The number of nitrogens with one attached hydrogen (secondary N) is 2. The zero-order valence-corrected chi connectivity index (χ0v) is 17.5. The van der Waals surface area contributed by atoms with Crippen LogP contribution in [0.5, 0.6) is 0 Å². The summed E-state index contributed by atoms with van der Waals surface area (Å²) in [4.78, 5) is 24.0. The molecule has 0 aliphatic carbocycles. The van der Waals surface area contributed by atoms with Crippen LogP contribution in [-0.2, 0) is 19.6 Å². The van der Waals surface area contributed by atoms with Gasteiger partial charge in [-0.1, -0.05) is 58.0 Å². The van der Waals surface area contributed by atoms with Crippen molar-refractivity contribution in [3.63, 3.8) is 0 Å². The summed E-state index contributed by atoms with van der Waals surface area (Å²) in [6.07, 6.45) is 1.19. The topological polar surface area (TPSA) is 92.3 Å². The lowest BCUT2D eigenvalue weighted by Crippen LogP contribution is -2.52. The van der Waals surface area contributed by atoms with Crippen molar-refractivity contribution in [1.29, 1.82) is 0 Å². The number of sulfonamides is 1. The van der Waals surface area contributed by atoms with Crippen molar-refractivity contribution in [2.75, 3.05) is 0 Å². The Morgan fingerprint density at radius 3 is 2.25 bits per heavy atom. The molecule has 0 saturated heterocycles. The van der Waals surface area contributed by atoms with Gasteiger partial charge in [0.1, 0.15) is 12.3 Å². The van der Waals surface area contributed by atoms with Crippen LogP contribution in [0.4, 0.5) is 0 Å². The number of aldehydes is 1. The minimum absolute atomic E-state index is 0.0961. The SMILES string of the molecule is CC(C)C[C@H](C=O)NC(=O)[C@@H](NS(=O)(=O)c1ccc2ccccc2c1)C(C)C. The second-order valence-electron chi connectivity index (χ2n) is 7.73. The van der Waals surface area contributed by atoms with Gasteiger partial charge in [0, 0.05) is 0 Å². The second kappa shape index (κ2) is 9.30. The maximum atomic E-state index is 12.9. The number of benzene rings is 2. The molecule has 6 nitrogen and oxygen atoms in total. The van der Waals surface area contributed by atoms with E-state index >= 15 is 0 Å². The summed E-state index contributed by atoms with van der Waals surface area (Å²) in [5.41, 5.74) is 0. The van der Waals surface area contributed by atoms with E-state index < -0.39 is 28.0 Å². The maximum Gasteiger partial charge on any atom is 0.241 e. The third-order valence-electron chi connectivity index (χ3n) is 4.48. The van der Waals surface area contributed by atoms with Crippen LogP contribution >= 0.6 is 0 Å². The highest BCUT2D eigenvalue weighted by Gasteiger charge is 2.29. The van der Waals surface area contributed by atoms with E-state index in [0.717, 1.165) is 10.8 Å². The highest BCUT2D eigenvalue weighted by molar-refractivity contribution is 7.89. The molecular formula is C21H28N2O4S. The lowest BCUT2D eigenvalue weighted by Gasteiger charge is -2.24. The van der Waals surface area contributed by atoms with Crippen LogP contribution in [-0.4, -0.2) is 32.7 Å². The molecule has 28 heavy (non-hydrogen) atoms. The van der Waals surface area contributed by atoms with Gasteiger partial charge in [0.15, 0.2) is 0 Å². The summed E-state index contributed by atoms with van der Waals surface area (Å²) < 4.78 is 28.2. The Hall–Kier alpha value is -2.25.